The van der Waals surface area contributed by atoms with Crippen LogP contribution >= 0.6 is 0 Å². The lowest BCUT2D eigenvalue weighted by molar-refractivity contribution is 0.102. The maximum atomic E-state index is 12.5. The normalized spacial score (nSPS) is 10.7. The first-order chi connectivity index (χ1) is 12.9. The summed E-state index contributed by atoms with van der Waals surface area (Å²) in [5.41, 5.74) is 2.32. The van der Waals surface area contributed by atoms with Crippen LogP contribution in [0.15, 0.2) is 53.2 Å². The largest absolute Gasteiger partial charge is 0.360 e. The highest BCUT2D eigenvalue weighted by molar-refractivity contribution is 6.07. The Labute approximate surface area is 156 Å². The molecule has 1 aromatic carbocycles. The zero-order chi connectivity index (χ0) is 19.4. The number of aromatic nitrogens is 2. The van der Waals surface area contributed by atoms with Crippen molar-refractivity contribution in [2.75, 3.05) is 10.6 Å². The summed E-state index contributed by atoms with van der Waals surface area (Å²) in [6.07, 6.45) is 1.42. The number of carbonyl (C=O) groups is 2. The summed E-state index contributed by atoms with van der Waals surface area (Å²) >= 11 is 0. The number of aryl methyl sites for hydroxylation is 1. The zero-order valence-corrected chi connectivity index (χ0v) is 15.3. The lowest BCUT2D eigenvalue weighted by atomic mass is 10.0. The Morgan fingerprint density at radius 1 is 1.00 bits per heavy atom. The molecule has 0 atom stereocenters. The fourth-order valence-corrected chi connectivity index (χ4v) is 2.46. The van der Waals surface area contributed by atoms with Crippen LogP contribution in [0.2, 0.25) is 0 Å². The Kier molecular flexibility index (Phi) is 5.30. The number of benzene rings is 1. The maximum Gasteiger partial charge on any atom is 0.275 e. The number of pyridine rings is 1. The molecule has 3 aromatic rings. The molecule has 0 saturated heterocycles. The summed E-state index contributed by atoms with van der Waals surface area (Å²) < 4.78 is 4.90. The van der Waals surface area contributed by atoms with E-state index >= 15 is 0 Å². The predicted molar refractivity (Wildman–Crippen MR) is 102 cm³/mol. The van der Waals surface area contributed by atoms with Crippen LogP contribution in [0.4, 0.5) is 11.5 Å². The molecular formula is C20H20N4O3. The first-order valence-electron chi connectivity index (χ1n) is 8.54. The molecule has 2 aromatic heterocycles. The molecule has 3 rings (SSSR count). The Hall–Kier alpha value is -3.48. The highest BCUT2D eigenvalue weighted by atomic mass is 16.5. The third-order valence-electron chi connectivity index (χ3n) is 3.96. The third kappa shape index (κ3) is 4.58. The van der Waals surface area contributed by atoms with Gasteiger partial charge < -0.3 is 15.2 Å². The molecule has 2 amide bonds. The van der Waals surface area contributed by atoms with E-state index in [0.29, 0.717) is 28.7 Å². The predicted octanol–water partition coefficient (Wildman–Crippen LogP) is 4.01. The second kappa shape index (κ2) is 7.82. The van der Waals surface area contributed by atoms with E-state index in [1.165, 1.54) is 17.8 Å². The minimum absolute atomic E-state index is 0.110. The van der Waals surface area contributed by atoms with Gasteiger partial charge in [-0.15, -0.1) is 0 Å². The average molecular weight is 364 g/mol. The van der Waals surface area contributed by atoms with Crippen molar-refractivity contribution >= 4 is 23.3 Å². The topological polar surface area (TPSA) is 97.1 Å². The number of hydrogen-bond acceptors (Lipinski definition) is 5. The minimum Gasteiger partial charge on any atom is -0.360 e. The van der Waals surface area contributed by atoms with Crippen LogP contribution in [-0.2, 0) is 0 Å². The van der Waals surface area contributed by atoms with Gasteiger partial charge in [-0.1, -0.05) is 31.1 Å². The smallest absolute Gasteiger partial charge is 0.275 e. The molecule has 0 unspecified atom stereocenters. The molecule has 0 aliphatic rings. The summed E-state index contributed by atoms with van der Waals surface area (Å²) in [6, 6.07) is 12.2. The van der Waals surface area contributed by atoms with Gasteiger partial charge in [-0.05, 0) is 42.7 Å². The van der Waals surface area contributed by atoms with Gasteiger partial charge in [0.1, 0.15) is 11.5 Å². The number of carbonyl (C=O) groups excluding carboxylic acids is 2. The number of nitrogens with zero attached hydrogens (tertiary/aromatic N) is 2. The van der Waals surface area contributed by atoms with Crippen LogP contribution in [0.25, 0.3) is 0 Å². The van der Waals surface area contributed by atoms with E-state index in [9.17, 15) is 9.59 Å². The molecular weight excluding hydrogens is 344 g/mol. The van der Waals surface area contributed by atoms with Crippen LogP contribution in [0.5, 0.6) is 0 Å². The Morgan fingerprint density at radius 2 is 1.74 bits per heavy atom. The van der Waals surface area contributed by atoms with E-state index in [1.54, 1.807) is 19.1 Å². The fraction of sp³-hybridized carbons (Fsp3) is 0.200. The molecule has 0 radical (unpaired) electrons. The van der Waals surface area contributed by atoms with Gasteiger partial charge in [-0.2, -0.15) is 0 Å². The number of nitrogens with one attached hydrogen (secondary N) is 2. The zero-order valence-electron chi connectivity index (χ0n) is 15.3. The van der Waals surface area contributed by atoms with Crippen molar-refractivity contribution in [2.45, 2.75) is 26.7 Å². The first kappa shape index (κ1) is 18.3. The van der Waals surface area contributed by atoms with E-state index in [0.717, 1.165) is 0 Å². The number of hydrogen-bond donors (Lipinski definition) is 2. The number of rotatable bonds is 5. The maximum absolute atomic E-state index is 12.5. The molecule has 7 heteroatoms. The molecule has 7 nitrogen and oxygen atoms in total. The fourth-order valence-electron chi connectivity index (χ4n) is 2.46. The van der Waals surface area contributed by atoms with Gasteiger partial charge >= 0.3 is 0 Å². The SMILES string of the molecule is Cc1cc(NC(=O)c2cc(C(=O)Nc3ccc(C(C)C)cc3)ccn2)no1. The molecule has 27 heavy (non-hydrogen) atoms. The molecule has 138 valence electrons. The molecule has 0 aliphatic heterocycles. The number of anilines is 2. The average Bonchev–Trinajstić information content (AvgIpc) is 3.07. The van der Waals surface area contributed by atoms with Crippen LogP contribution in [0.3, 0.4) is 0 Å². The van der Waals surface area contributed by atoms with Crippen molar-refractivity contribution in [1.29, 1.82) is 0 Å². The van der Waals surface area contributed by atoms with Crippen molar-refractivity contribution in [3.63, 3.8) is 0 Å². The van der Waals surface area contributed by atoms with Gasteiger partial charge in [0.2, 0.25) is 0 Å². The molecule has 0 bridgehead atoms. The molecule has 0 fully saturated rings. The number of amides is 2. The summed E-state index contributed by atoms with van der Waals surface area (Å²) in [5.74, 6) is 0.499. The van der Waals surface area contributed by atoms with E-state index < -0.39 is 5.91 Å². The van der Waals surface area contributed by atoms with Crippen molar-refractivity contribution in [3.05, 3.63) is 71.2 Å². The van der Waals surface area contributed by atoms with E-state index in [4.69, 9.17) is 4.52 Å². The lowest BCUT2D eigenvalue weighted by Gasteiger charge is -2.09. The van der Waals surface area contributed by atoms with E-state index in [1.807, 2.05) is 24.3 Å². The summed E-state index contributed by atoms with van der Waals surface area (Å²) in [5, 5.41) is 9.09. The van der Waals surface area contributed by atoms with Crippen molar-refractivity contribution < 1.29 is 14.1 Å². The monoisotopic (exact) mass is 364 g/mol. The highest BCUT2D eigenvalue weighted by Gasteiger charge is 2.14. The summed E-state index contributed by atoms with van der Waals surface area (Å²) in [7, 11) is 0. The van der Waals surface area contributed by atoms with E-state index in [2.05, 4.69) is 34.6 Å². The lowest BCUT2D eigenvalue weighted by Crippen LogP contribution is -2.17. The van der Waals surface area contributed by atoms with Crippen molar-refractivity contribution in [1.82, 2.24) is 10.1 Å². The van der Waals surface area contributed by atoms with Crippen molar-refractivity contribution in [3.8, 4) is 0 Å². The molecule has 0 spiro atoms. The molecule has 2 N–H and O–H groups in total. The van der Waals surface area contributed by atoms with Crippen LogP contribution in [-0.4, -0.2) is 22.0 Å². The standard InChI is InChI=1S/C20H20N4O3/c1-12(2)14-4-6-16(7-5-14)22-19(25)15-8-9-21-17(11-15)20(26)23-18-10-13(3)27-24-18/h4-12H,1-3H3,(H,22,25)(H,23,24,26). The molecule has 2 heterocycles. The quantitative estimate of drug-likeness (QED) is 0.713. The van der Waals surface area contributed by atoms with E-state index in [-0.39, 0.29) is 11.6 Å². The van der Waals surface area contributed by atoms with Crippen LogP contribution < -0.4 is 10.6 Å². The Balaban J connectivity index is 1.70. The minimum atomic E-state index is -0.473. The molecule has 0 aliphatic carbocycles. The second-order valence-electron chi connectivity index (χ2n) is 6.44. The van der Waals surface area contributed by atoms with Gasteiger partial charge in [0, 0.05) is 23.5 Å². The Morgan fingerprint density at radius 3 is 2.37 bits per heavy atom. The third-order valence-corrected chi connectivity index (χ3v) is 3.96. The first-order valence-corrected chi connectivity index (χ1v) is 8.54. The van der Waals surface area contributed by atoms with Gasteiger partial charge in [0.25, 0.3) is 11.8 Å². The van der Waals surface area contributed by atoms with Crippen molar-refractivity contribution in [2.24, 2.45) is 0 Å². The van der Waals surface area contributed by atoms with Gasteiger partial charge in [0.15, 0.2) is 5.82 Å². The van der Waals surface area contributed by atoms with Crippen LogP contribution in [0.1, 0.15) is 51.9 Å². The van der Waals surface area contributed by atoms with Gasteiger partial charge in [-0.3, -0.25) is 14.6 Å². The summed E-state index contributed by atoms with van der Waals surface area (Å²) in [4.78, 5) is 28.8. The Bertz CT molecular complexity index is 961. The van der Waals surface area contributed by atoms with Gasteiger partial charge in [0.05, 0.1) is 0 Å². The molecule has 0 saturated carbocycles. The second-order valence-corrected chi connectivity index (χ2v) is 6.44. The van der Waals surface area contributed by atoms with Gasteiger partial charge in [-0.25, -0.2) is 0 Å². The van der Waals surface area contributed by atoms with Crippen LogP contribution in [0, 0.1) is 6.92 Å². The highest BCUT2D eigenvalue weighted by Crippen LogP contribution is 2.18. The summed E-state index contributed by atoms with van der Waals surface area (Å²) in [6.45, 7) is 5.94.